The number of carbonyl (C=O) groups is 12. The van der Waals surface area contributed by atoms with Gasteiger partial charge in [0.25, 0.3) is 0 Å². The van der Waals surface area contributed by atoms with Gasteiger partial charge in [-0.2, -0.15) is 0 Å². The van der Waals surface area contributed by atoms with E-state index in [2.05, 4.69) is 16.0 Å². The van der Waals surface area contributed by atoms with Gasteiger partial charge in [-0.1, -0.05) is 6.92 Å². The summed E-state index contributed by atoms with van der Waals surface area (Å²) in [5.74, 6) is -15.5. The summed E-state index contributed by atoms with van der Waals surface area (Å²) < 4.78 is 4.94. The minimum atomic E-state index is -1.65. The maximum absolute atomic E-state index is 13.0. The summed E-state index contributed by atoms with van der Waals surface area (Å²) in [5.41, 5.74) is 0. The molecule has 0 unspecified atom stereocenters. The fourth-order valence-corrected chi connectivity index (χ4v) is 6.30. The molecular formula is C38H56N4O18. The number of Topliss-reactive ketones (excluding diaryl/α,β-unsaturated/α-hetero) is 3. The molecule has 5 atom stereocenters. The molecule has 1 heterocycles. The molecule has 1 saturated heterocycles. The predicted octanol–water partition coefficient (Wildman–Crippen LogP) is 0.621. The highest BCUT2D eigenvalue weighted by Gasteiger charge is 2.31. The third-order valence-corrected chi connectivity index (χ3v) is 9.93. The molecule has 0 radical (unpaired) electrons. The lowest BCUT2D eigenvalue weighted by Crippen LogP contribution is -2.44. The van der Waals surface area contributed by atoms with Gasteiger partial charge in [0.1, 0.15) is 23.7 Å². The van der Waals surface area contributed by atoms with E-state index in [1.165, 1.54) is 4.90 Å². The highest BCUT2D eigenvalue weighted by atomic mass is 16.6. The van der Waals surface area contributed by atoms with Gasteiger partial charge in [-0.05, 0) is 51.9 Å². The molecule has 0 aromatic heterocycles. The maximum Gasteiger partial charge on any atom is 0.409 e. The number of amides is 4. The minimum absolute atomic E-state index is 0.157. The number of ether oxygens (including phenoxy) is 1. The van der Waals surface area contributed by atoms with Crippen molar-refractivity contribution in [3.05, 3.63) is 0 Å². The summed E-state index contributed by atoms with van der Waals surface area (Å²) in [6.07, 6.45) is -4.95. The average molecular weight is 857 g/mol. The second-order valence-electron chi connectivity index (χ2n) is 14.5. The number of carbonyl (C=O) groups excluding carboxylic acids is 7. The summed E-state index contributed by atoms with van der Waals surface area (Å²) in [7, 11) is 0. The van der Waals surface area contributed by atoms with Crippen LogP contribution in [0.25, 0.3) is 0 Å². The van der Waals surface area contributed by atoms with Crippen LogP contribution in [0.2, 0.25) is 0 Å². The zero-order valence-corrected chi connectivity index (χ0v) is 33.7. The summed E-state index contributed by atoms with van der Waals surface area (Å²) in [6, 6.07) is -3.29. The Labute approximate surface area is 345 Å². The van der Waals surface area contributed by atoms with Crippen LogP contribution in [0.1, 0.15) is 104 Å². The maximum atomic E-state index is 13.0. The summed E-state index contributed by atoms with van der Waals surface area (Å²) in [6.45, 7) is 3.52. The first-order valence-corrected chi connectivity index (χ1v) is 19.7. The Hall–Kier alpha value is -5.96. The lowest BCUT2D eigenvalue weighted by atomic mass is 9.92. The molecule has 0 aromatic carbocycles. The normalized spacial score (nSPS) is 15.2. The number of hydrogen-bond donors (Lipinski definition) is 8. The monoisotopic (exact) mass is 856 g/mol. The quantitative estimate of drug-likeness (QED) is 0.0491. The third kappa shape index (κ3) is 20.1. The number of aliphatic carboxylic acids is 5. The molecule has 336 valence electrons. The molecule has 0 spiro atoms. The van der Waals surface area contributed by atoms with Gasteiger partial charge in [0.05, 0.1) is 25.0 Å². The van der Waals surface area contributed by atoms with Crippen LogP contribution in [0.4, 0.5) is 4.79 Å². The number of nitrogens with zero attached hydrogens (tertiary/aromatic N) is 1. The molecule has 0 saturated carbocycles. The van der Waals surface area contributed by atoms with Gasteiger partial charge >= 0.3 is 35.9 Å². The van der Waals surface area contributed by atoms with Crippen LogP contribution in [0.15, 0.2) is 0 Å². The van der Waals surface area contributed by atoms with Crippen LogP contribution >= 0.6 is 0 Å². The zero-order chi connectivity index (χ0) is 45.5. The predicted molar refractivity (Wildman–Crippen MR) is 203 cm³/mol. The van der Waals surface area contributed by atoms with Crippen LogP contribution in [-0.2, 0) is 57.5 Å². The first kappa shape index (κ1) is 52.1. The standard InChI is InChI=1S/C38H56N4O18/c1-3-21(34(51)52)17-25(43)8-10-29(37(57)58)41-33(50)23(6-12-31(47)48)18-26(44)7-9-28(36(55)56)40-30(46)11-5-24(35(53)54)19-27(45)20-39-32(49)22-13-15-42(16-14-22)38(59)60-4-2/h21-24,28-29H,3-20H2,1-2H3,(H,39,49)(H,40,46)(H,41,50)(H,47,48)(H,51,52)(H,53,54)(H,55,56)(H,57,58)/t21-,23-,24-,28+,29+/m0/s1. The van der Waals surface area contributed by atoms with E-state index in [0.29, 0.717) is 12.8 Å². The molecule has 1 fully saturated rings. The van der Waals surface area contributed by atoms with Crippen LogP contribution in [0.3, 0.4) is 0 Å². The fourth-order valence-electron chi connectivity index (χ4n) is 6.30. The Morgan fingerprint density at radius 2 is 1.10 bits per heavy atom. The Kier molecular flexibility index (Phi) is 23.4. The lowest BCUT2D eigenvalue weighted by molar-refractivity contribution is -0.145. The van der Waals surface area contributed by atoms with Gasteiger partial charge < -0.3 is 51.1 Å². The molecule has 0 bridgehead atoms. The second kappa shape index (κ2) is 26.9. The van der Waals surface area contributed by atoms with E-state index in [-0.39, 0.29) is 45.4 Å². The molecular weight excluding hydrogens is 800 g/mol. The van der Waals surface area contributed by atoms with Crippen LogP contribution in [-0.4, -0.2) is 140 Å². The topological polar surface area (TPSA) is 355 Å². The Morgan fingerprint density at radius 1 is 0.600 bits per heavy atom. The number of ketones is 3. The van der Waals surface area contributed by atoms with Crippen LogP contribution in [0.5, 0.6) is 0 Å². The van der Waals surface area contributed by atoms with Crippen molar-refractivity contribution < 1.29 is 87.8 Å². The highest BCUT2D eigenvalue weighted by molar-refractivity contribution is 5.92. The van der Waals surface area contributed by atoms with Gasteiger partial charge in [0, 0.05) is 69.9 Å². The molecule has 22 nitrogen and oxygen atoms in total. The number of carboxylic acid groups (broad SMARTS) is 5. The van der Waals surface area contributed by atoms with E-state index >= 15 is 0 Å². The number of rotatable bonds is 30. The largest absolute Gasteiger partial charge is 0.481 e. The molecule has 4 amide bonds. The zero-order valence-electron chi connectivity index (χ0n) is 33.7. The second-order valence-corrected chi connectivity index (χ2v) is 14.5. The summed E-state index contributed by atoms with van der Waals surface area (Å²) in [5, 5.41) is 54.0. The fraction of sp³-hybridized carbons (Fsp3) is 0.684. The van der Waals surface area contributed by atoms with Crippen molar-refractivity contribution in [3.8, 4) is 0 Å². The van der Waals surface area contributed by atoms with Gasteiger partial charge in [-0.25, -0.2) is 14.4 Å². The van der Waals surface area contributed by atoms with Gasteiger partial charge in [-0.15, -0.1) is 0 Å². The van der Waals surface area contributed by atoms with E-state index in [1.54, 1.807) is 13.8 Å². The Morgan fingerprint density at radius 3 is 1.58 bits per heavy atom. The Balaban J connectivity index is 2.72. The number of carboxylic acids is 5. The van der Waals surface area contributed by atoms with Crippen molar-refractivity contribution in [1.29, 1.82) is 0 Å². The van der Waals surface area contributed by atoms with E-state index in [1.807, 2.05) is 0 Å². The minimum Gasteiger partial charge on any atom is -0.481 e. The molecule has 60 heavy (non-hydrogen) atoms. The molecule has 8 N–H and O–H groups in total. The van der Waals surface area contributed by atoms with Crippen molar-refractivity contribution in [1.82, 2.24) is 20.9 Å². The van der Waals surface area contributed by atoms with E-state index in [9.17, 15) is 72.9 Å². The Bertz CT molecular complexity index is 1590. The van der Waals surface area contributed by atoms with E-state index < -0.39 is 165 Å². The molecule has 1 aliphatic rings. The van der Waals surface area contributed by atoms with Crippen molar-refractivity contribution in [3.63, 3.8) is 0 Å². The van der Waals surface area contributed by atoms with Gasteiger partial charge in [0.15, 0.2) is 5.78 Å². The van der Waals surface area contributed by atoms with Gasteiger partial charge in [-0.3, -0.25) is 43.2 Å². The lowest BCUT2D eigenvalue weighted by Gasteiger charge is -2.30. The average Bonchev–Trinajstić information content (AvgIpc) is 3.18. The third-order valence-electron chi connectivity index (χ3n) is 9.93. The van der Waals surface area contributed by atoms with Crippen molar-refractivity contribution in [2.24, 2.45) is 23.7 Å². The molecule has 0 aliphatic carbocycles. The molecule has 22 heteroatoms. The smallest absolute Gasteiger partial charge is 0.409 e. The van der Waals surface area contributed by atoms with E-state index in [0.717, 1.165) is 0 Å². The van der Waals surface area contributed by atoms with Crippen molar-refractivity contribution >= 4 is 71.0 Å². The number of hydrogen-bond acceptors (Lipinski definition) is 13. The summed E-state index contributed by atoms with van der Waals surface area (Å²) >= 11 is 0. The molecule has 1 aliphatic heterocycles. The first-order chi connectivity index (χ1) is 28.2. The molecule has 0 aromatic rings. The van der Waals surface area contributed by atoms with Crippen molar-refractivity contribution in [2.75, 3.05) is 26.2 Å². The number of likely N-dealkylation sites (tertiary alicyclic amines) is 1. The van der Waals surface area contributed by atoms with Gasteiger partial charge in [0.2, 0.25) is 17.7 Å². The molecule has 1 rings (SSSR count). The highest BCUT2D eigenvalue weighted by Crippen LogP contribution is 2.20. The number of piperidine rings is 1. The van der Waals surface area contributed by atoms with Crippen LogP contribution < -0.4 is 16.0 Å². The van der Waals surface area contributed by atoms with Crippen LogP contribution in [0, 0.1) is 23.7 Å². The number of nitrogens with one attached hydrogen (secondary N) is 3. The van der Waals surface area contributed by atoms with Crippen molar-refractivity contribution in [2.45, 2.75) is 116 Å². The summed E-state index contributed by atoms with van der Waals surface area (Å²) in [4.78, 5) is 147. The SMILES string of the molecule is CCOC(=O)N1CCC(C(=O)NCC(=O)C[C@H](CCC(=O)N[C@H](CCC(=O)C[C@H](CCC(=O)O)C(=O)N[C@H](CCC(=O)C[C@H](CC)C(=O)O)C(=O)O)C(=O)O)C(=O)O)CC1. The first-order valence-electron chi connectivity index (χ1n) is 19.7. The van der Waals surface area contributed by atoms with E-state index in [4.69, 9.17) is 14.9 Å².